The van der Waals surface area contributed by atoms with Crippen LogP contribution in [0.5, 0.6) is 0 Å². The number of hydrogen-bond acceptors (Lipinski definition) is 5. The molecular weight excluding hydrogens is 316 g/mol. The van der Waals surface area contributed by atoms with Gasteiger partial charge in [0.25, 0.3) is 0 Å². The minimum absolute atomic E-state index is 0.343. The van der Waals surface area contributed by atoms with Crippen LogP contribution in [0, 0.1) is 0 Å². The summed E-state index contributed by atoms with van der Waals surface area (Å²) in [4.78, 5) is 2.66. The average molecular weight is 340 g/mol. The van der Waals surface area contributed by atoms with Crippen LogP contribution in [0.3, 0.4) is 0 Å². The first-order valence-electron chi connectivity index (χ1n) is 7.93. The van der Waals surface area contributed by atoms with Gasteiger partial charge >= 0.3 is 0 Å². The third kappa shape index (κ3) is 3.59. The number of rotatable bonds is 4. The van der Waals surface area contributed by atoms with Gasteiger partial charge < -0.3 is 9.47 Å². The Kier molecular flexibility index (Phi) is 4.75. The maximum Gasteiger partial charge on any atom is 0.242 e. The van der Waals surface area contributed by atoms with Crippen LogP contribution in [0.2, 0.25) is 0 Å². The lowest BCUT2D eigenvalue weighted by Gasteiger charge is -2.37. The predicted molar refractivity (Wildman–Crippen MR) is 86.5 cm³/mol. The van der Waals surface area contributed by atoms with Crippen molar-refractivity contribution in [3.63, 3.8) is 0 Å². The molecule has 2 heterocycles. The fourth-order valence-electron chi connectivity index (χ4n) is 3.11. The lowest BCUT2D eigenvalue weighted by atomic mass is 10.0. The third-order valence-corrected chi connectivity index (χ3v) is 6.33. The van der Waals surface area contributed by atoms with E-state index in [-0.39, 0.29) is 5.79 Å². The molecule has 0 aromatic heterocycles. The molecule has 1 aromatic rings. The molecule has 0 N–H and O–H groups in total. The van der Waals surface area contributed by atoms with E-state index >= 15 is 0 Å². The molecule has 2 fully saturated rings. The smallest absolute Gasteiger partial charge is 0.242 e. The van der Waals surface area contributed by atoms with Crippen molar-refractivity contribution in [3.8, 4) is 0 Å². The summed E-state index contributed by atoms with van der Waals surface area (Å²) in [7, 11) is -0.285. The molecule has 3 rings (SSSR count). The summed E-state index contributed by atoms with van der Waals surface area (Å²) in [5.74, 6) is -0.368. The van der Waals surface area contributed by atoms with Gasteiger partial charge in [0.15, 0.2) is 5.79 Å². The minimum atomic E-state index is -3.38. The second-order valence-electron chi connectivity index (χ2n) is 6.32. The van der Waals surface area contributed by atoms with Crippen molar-refractivity contribution >= 4 is 10.0 Å². The Bertz CT molecular complexity index is 644. The Hall–Kier alpha value is -0.990. The van der Waals surface area contributed by atoms with Crippen molar-refractivity contribution in [1.29, 1.82) is 0 Å². The second kappa shape index (κ2) is 6.49. The SMILES string of the molecule is CN(C)S(=O)(=O)c1cccc(CN2CCC3(CC2)OCCO3)c1. The van der Waals surface area contributed by atoms with Gasteiger partial charge in [-0.3, -0.25) is 4.90 Å². The first-order chi connectivity index (χ1) is 10.9. The summed E-state index contributed by atoms with van der Waals surface area (Å²) in [6.45, 7) is 3.90. The third-order valence-electron chi connectivity index (χ3n) is 4.51. The number of hydrogen-bond donors (Lipinski definition) is 0. The maximum atomic E-state index is 12.2. The first kappa shape index (κ1) is 16.9. The number of benzene rings is 1. The molecule has 6 nitrogen and oxygen atoms in total. The summed E-state index contributed by atoms with van der Waals surface area (Å²) < 4.78 is 37.2. The van der Waals surface area contributed by atoms with Gasteiger partial charge in [0.1, 0.15) is 0 Å². The molecule has 0 saturated carbocycles. The molecule has 2 aliphatic rings. The summed E-state index contributed by atoms with van der Waals surface area (Å²) in [5.41, 5.74) is 1.01. The van der Waals surface area contributed by atoms with E-state index in [0.717, 1.165) is 38.0 Å². The van der Waals surface area contributed by atoms with Crippen LogP contribution in [0.15, 0.2) is 29.2 Å². The van der Waals surface area contributed by atoms with E-state index in [1.54, 1.807) is 32.3 Å². The lowest BCUT2D eigenvalue weighted by molar-refractivity contribution is -0.185. The Morgan fingerprint density at radius 2 is 1.83 bits per heavy atom. The highest BCUT2D eigenvalue weighted by molar-refractivity contribution is 7.89. The van der Waals surface area contributed by atoms with Crippen LogP contribution in [-0.2, 0) is 26.0 Å². The average Bonchev–Trinajstić information content (AvgIpc) is 2.98. The molecule has 2 saturated heterocycles. The zero-order chi connectivity index (χ0) is 16.5. The fraction of sp³-hybridized carbons (Fsp3) is 0.625. The molecule has 128 valence electrons. The van der Waals surface area contributed by atoms with Gasteiger partial charge in [0, 0.05) is 46.6 Å². The molecular formula is C16H24N2O4S. The van der Waals surface area contributed by atoms with Crippen LogP contribution < -0.4 is 0 Å². The van der Waals surface area contributed by atoms with Crippen molar-refractivity contribution in [2.24, 2.45) is 0 Å². The van der Waals surface area contributed by atoms with Gasteiger partial charge in [0.05, 0.1) is 18.1 Å². The van der Waals surface area contributed by atoms with Gasteiger partial charge in [-0.1, -0.05) is 12.1 Å². The molecule has 0 bridgehead atoms. The lowest BCUT2D eigenvalue weighted by Crippen LogP contribution is -2.44. The normalized spacial score (nSPS) is 22.0. The molecule has 2 aliphatic heterocycles. The molecule has 1 spiro atoms. The molecule has 1 aromatic carbocycles. The zero-order valence-corrected chi connectivity index (χ0v) is 14.5. The molecule has 0 atom stereocenters. The van der Waals surface area contributed by atoms with Crippen molar-refractivity contribution in [2.45, 2.75) is 30.1 Å². The zero-order valence-electron chi connectivity index (χ0n) is 13.7. The van der Waals surface area contributed by atoms with Crippen molar-refractivity contribution in [1.82, 2.24) is 9.21 Å². The predicted octanol–water partition coefficient (Wildman–Crippen LogP) is 1.28. The first-order valence-corrected chi connectivity index (χ1v) is 9.37. The molecule has 0 unspecified atom stereocenters. The molecule has 0 amide bonds. The van der Waals surface area contributed by atoms with E-state index in [0.29, 0.717) is 18.1 Å². The number of nitrogens with zero attached hydrogens (tertiary/aromatic N) is 2. The van der Waals surface area contributed by atoms with Gasteiger partial charge in [-0.2, -0.15) is 0 Å². The fourth-order valence-corrected chi connectivity index (χ4v) is 4.08. The summed E-state index contributed by atoms with van der Waals surface area (Å²) >= 11 is 0. The molecule has 0 aliphatic carbocycles. The molecule has 0 radical (unpaired) electrons. The number of piperidine rings is 1. The van der Waals surface area contributed by atoms with Crippen LogP contribution in [0.25, 0.3) is 0 Å². The number of sulfonamides is 1. The van der Waals surface area contributed by atoms with Crippen LogP contribution >= 0.6 is 0 Å². The molecule has 23 heavy (non-hydrogen) atoms. The summed E-state index contributed by atoms with van der Waals surface area (Å²) in [5, 5.41) is 0. The number of likely N-dealkylation sites (tertiary alicyclic amines) is 1. The van der Waals surface area contributed by atoms with Gasteiger partial charge in [0.2, 0.25) is 10.0 Å². The van der Waals surface area contributed by atoms with Crippen LogP contribution in [0.1, 0.15) is 18.4 Å². The Balaban J connectivity index is 1.65. The van der Waals surface area contributed by atoms with Crippen molar-refractivity contribution < 1.29 is 17.9 Å². The Morgan fingerprint density at radius 1 is 1.17 bits per heavy atom. The standard InChI is InChI=1S/C16H24N2O4S/c1-17(2)23(19,20)15-5-3-4-14(12-15)13-18-8-6-16(7-9-18)21-10-11-22-16/h3-5,12H,6-11,13H2,1-2H3. The van der Waals surface area contributed by atoms with Gasteiger partial charge in [-0.25, -0.2) is 12.7 Å². The summed E-state index contributed by atoms with van der Waals surface area (Å²) in [6, 6.07) is 7.19. The van der Waals surface area contributed by atoms with Crippen molar-refractivity contribution in [3.05, 3.63) is 29.8 Å². The highest BCUT2D eigenvalue weighted by Crippen LogP contribution is 2.31. The monoisotopic (exact) mass is 340 g/mol. The quantitative estimate of drug-likeness (QED) is 0.826. The Morgan fingerprint density at radius 3 is 2.43 bits per heavy atom. The second-order valence-corrected chi connectivity index (χ2v) is 8.47. The highest BCUT2D eigenvalue weighted by atomic mass is 32.2. The van der Waals surface area contributed by atoms with E-state index in [2.05, 4.69) is 4.90 Å². The molecule has 7 heteroatoms. The van der Waals surface area contributed by atoms with Crippen LogP contribution in [0.4, 0.5) is 0 Å². The van der Waals surface area contributed by atoms with Crippen molar-refractivity contribution in [2.75, 3.05) is 40.4 Å². The summed E-state index contributed by atoms with van der Waals surface area (Å²) in [6.07, 6.45) is 1.73. The van der Waals surface area contributed by atoms with E-state index in [9.17, 15) is 8.42 Å². The van der Waals surface area contributed by atoms with Gasteiger partial charge in [-0.15, -0.1) is 0 Å². The Labute approximate surface area is 138 Å². The van der Waals surface area contributed by atoms with Gasteiger partial charge in [-0.05, 0) is 17.7 Å². The van der Waals surface area contributed by atoms with E-state index in [4.69, 9.17) is 9.47 Å². The van der Waals surface area contributed by atoms with E-state index in [1.165, 1.54) is 4.31 Å². The topological polar surface area (TPSA) is 59.1 Å². The van der Waals surface area contributed by atoms with E-state index in [1.807, 2.05) is 6.07 Å². The minimum Gasteiger partial charge on any atom is -0.347 e. The number of ether oxygens (including phenoxy) is 2. The largest absolute Gasteiger partial charge is 0.347 e. The maximum absolute atomic E-state index is 12.2. The van der Waals surface area contributed by atoms with E-state index < -0.39 is 10.0 Å². The highest BCUT2D eigenvalue weighted by Gasteiger charge is 2.39. The van der Waals surface area contributed by atoms with Crippen LogP contribution in [-0.4, -0.2) is 63.8 Å².